The number of rotatable bonds is 10. The van der Waals surface area contributed by atoms with Gasteiger partial charge in [-0.3, -0.25) is 4.79 Å². The van der Waals surface area contributed by atoms with Gasteiger partial charge < -0.3 is 20.7 Å². The fourth-order valence-electron chi connectivity index (χ4n) is 2.79. The third kappa shape index (κ3) is 6.97. The van der Waals surface area contributed by atoms with Crippen molar-refractivity contribution in [3.8, 4) is 5.75 Å². The van der Waals surface area contributed by atoms with Gasteiger partial charge in [-0.2, -0.15) is 0 Å². The molecule has 0 aromatic heterocycles. The highest BCUT2D eigenvalue weighted by molar-refractivity contribution is 7.89. The number of methoxy groups -OCH3 is 1. The van der Waals surface area contributed by atoms with E-state index in [-0.39, 0.29) is 36.4 Å². The van der Waals surface area contributed by atoms with Crippen molar-refractivity contribution < 1.29 is 22.7 Å². The Kier molecular flexibility index (Phi) is 7.48. The number of urea groups is 1. The second kappa shape index (κ2) is 10.3. The number of amides is 3. The van der Waals surface area contributed by atoms with E-state index in [1.165, 1.54) is 19.2 Å². The second-order valence-electron chi connectivity index (χ2n) is 7.15. The molecular formula is C21H26N4O5S. The Bertz CT molecular complexity index is 1020. The van der Waals surface area contributed by atoms with Crippen molar-refractivity contribution in [1.82, 2.24) is 15.4 Å². The quantitative estimate of drug-likeness (QED) is 0.414. The van der Waals surface area contributed by atoms with Crippen LogP contribution in [0, 0.1) is 5.92 Å². The number of ether oxygens (including phenoxy) is 1. The molecule has 0 unspecified atom stereocenters. The van der Waals surface area contributed by atoms with Crippen molar-refractivity contribution in [3.63, 3.8) is 0 Å². The molecule has 31 heavy (non-hydrogen) atoms. The monoisotopic (exact) mass is 446 g/mol. The molecular weight excluding hydrogens is 420 g/mol. The van der Waals surface area contributed by atoms with Crippen molar-refractivity contribution in [2.45, 2.75) is 24.3 Å². The molecule has 0 heterocycles. The van der Waals surface area contributed by atoms with E-state index in [1.807, 2.05) is 18.2 Å². The van der Waals surface area contributed by atoms with Crippen LogP contribution in [-0.4, -0.2) is 40.6 Å². The summed E-state index contributed by atoms with van der Waals surface area (Å²) in [4.78, 5) is 23.9. The molecule has 9 nitrogen and oxygen atoms in total. The minimum atomic E-state index is -3.67. The summed E-state index contributed by atoms with van der Waals surface area (Å²) in [7, 11) is -2.16. The lowest BCUT2D eigenvalue weighted by Gasteiger charge is -2.10. The van der Waals surface area contributed by atoms with Gasteiger partial charge in [0.2, 0.25) is 15.9 Å². The Morgan fingerprint density at radius 2 is 1.77 bits per heavy atom. The zero-order valence-electron chi connectivity index (χ0n) is 17.2. The molecule has 1 saturated carbocycles. The van der Waals surface area contributed by atoms with E-state index >= 15 is 0 Å². The normalized spacial score (nSPS) is 13.3. The smallest absolute Gasteiger partial charge is 0.315 e. The predicted molar refractivity (Wildman–Crippen MR) is 116 cm³/mol. The van der Waals surface area contributed by atoms with Gasteiger partial charge in [-0.05, 0) is 54.8 Å². The molecule has 3 amide bonds. The highest BCUT2D eigenvalue weighted by Crippen LogP contribution is 2.30. The average Bonchev–Trinajstić information content (AvgIpc) is 3.61. The van der Waals surface area contributed by atoms with E-state index in [4.69, 9.17) is 4.74 Å². The first-order chi connectivity index (χ1) is 14.9. The number of sulfonamides is 1. The van der Waals surface area contributed by atoms with Crippen molar-refractivity contribution in [2.24, 2.45) is 5.92 Å². The molecule has 2 aromatic carbocycles. The highest BCUT2D eigenvalue weighted by Gasteiger charge is 2.29. The van der Waals surface area contributed by atoms with Crippen LogP contribution in [0.3, 0.4) is 0 Å². The van der Waals surface area contributed by atoms with E-state index < -0.39 is 16.1 Å². The Balaban J connectivity index is 1.37. The van der Waals surface area contributed by atoms with Crippen LogP contribution in [0.25, 0.3) is 0 Å². The van der Waals surface area contributed by atoms with Gasteiger partial charge in [0, 0.05) is 31.2 Å². The summed E-state index contributed by atoms with van der Waals surface area (Å²) in [6, 6.07) is 12.9. The van der Waals surface area contributed by atoms with Crippen LogP contribution in [0.4, 0.5) is 10.5 Å². The standard InChI is InChI=1S/C21H26N4O5S/c1-30-18-7-9-19(10-8-18)31(28,29)24-12-11-22-21(27)23-14-15-3-2-4-17(13-15)25-20(26)16-5-6-16/h2-4,7-10,13,16,24H,5-6,11-12,14H2,1H3,(H,25,26)(H2,22,23,27). The van der Waals surface area contributed by atoms with E-state index in [1.54, 1.807) is 18.2 Å². The molecule has 0 radical (unpaired) electrons. The third-order valence-electron chi connectivity index (χ3n) is 4.67. The summed E-state index contributed by atoms with van der Waals surface area (Å²) in [6.45, 7) is 0.444. The molecule has 1 fully saturated rings. The molecule has 1 aliphatic carbocycles. The maximum Gasteiger partial charge on any atom is 0.315 e. The van der Waals surface area contributed by atoms with Gasteiger partial charge in [0.25, 0.3) is 0 Å². The van der Waals surface area contributed by atoms with Crippen LogP contribution in [-0.2, 0) is 21.4 Å². The molecule has 0 atom stereocenters. The van der Waals surface area contributed by atoms with E-state index in [2.05, 4.69) is 20.7 Å². The van der Waals surface area contributed by atoms with Gasteiger partial charge in [-0.15, -0.1) is 0 Å². The van der Waals surface area contributed by atoms with Gasteiger partial charge in [0.1, 0.15) is 5.75 Å². The number of anilines is 1. The lowest BCUT2D eigenvalue weighted by Crippen LogP contribution is -2.40. The van der Waals surface area contributed by atoms with Gasteiger partial charge in [0.05, 0.1) is 12.0 Å². The zero-order valence-corrected chi connectivity index (χ0v) is 18.0. The summed E-state index contributed by atoms with van der Waals surface area (Å²) in [5.74, 6) is 0.711. The maximum atomic E-state index is 12.2. The van der Waals surface area contributed by atoms with Crippen LogP contribution >= 0.6 is 0 Å². The van der Waals surface area contributed by atoms with Gasteiger partial charge in [-0.25, -0.2) is 17.9 Å². The lowest BCUT2D eigenvalue weighted by molar-refractivity contribution is -0.117. The SMILES string of the molecule is COc1ccc(S(=O)(=O)NCCNC(=O)NCc2cccc(NC(=O)C3CC3)c2)cc1. The van der Waals surface area contributed by atoms with Crippen LogP contribution in [0.15, 0.2) is 53.4 Å². The Morgan fingerprint density at radius 3 is 2.45 bits per heavy atom. The summed E-state index contributed by atoms with van der Waals surface area (Å²) in [5, 5.41) is 8.17. The largest absolute Gasteiger partial charge is 0.497 e. The first-order valence-electron chi connectivity index (χ1n) is 9.92. The zero-order chi connectivity index (χ0) is 22.3. The lowest BCUT2D eigenvalue weighted by atomic mass is 10.2. The van der Waals surface area contributed by atoms with Crippen LogP contribution < -0.4 is 25.4 Å². The number of hydrogen-bond acceptors (Lipinski definition) is 5. The van der Waals surface area contributed by atoms with Gasteiger partial charge in [-0.1, -0.05) is 12.1 Å². The minimum absolute atomic E-state index is 0.0277. The van der Waals surface area contributed by atoms with E-state index in [0.717, 1.165) is 18.4 Å². The third-order valence-corrected chi connectivity index (χ3v) is 6.15. The fourth-order valence-corrected chi connectivity index (χ4v) is 3.83. The first-order valence-corrected chi connectivity index (χ1v) is 11.4. The molecule has 4 N–H and O–H groups in total. The second-order valence-corrected chi connectivity index (χ2v) is 8.91. The van der Waals surface area contributed by atoms with E-state index in [9.17, 15) is 18.0 Å². The van der Waals surface area contributed by atoms with Crippen LogP contribution in [0.5, 0.6) is 5.75 Å². The predicted octanol–water partition coefficient (Wildman–Crippen LogP) is 1.82. The van der Waals surface area contributed by atoms with Gasteiger partial charge >= 0.3 is 6.03 Å². The summed E-state index contributed by atoms with van der Waals surface area (Å²) >= 11 is 0. The minimum Gasteiger partial charge on any atom is -0.497 e. The Hall–Kier alpha value is -3.11. The van der Waals surface area contributed by atoms with Crippen molar-refractivity contribution in [3.05, 3.63) is 54.1 Å². The molecule has 3 rings (SSSR count). The average molecular weight is 447 g/mol. The Labute approximate surface area is 181 Å². The van der Waals surface area contributed by atoms with E-state index in [0.29, 0.717) is 11.4 Å². The molecule has 2 aromatic rings. The molecule has 1 aliphatic rings. The fraction of sp³-hybridized carbons (Fsp3) is 0.333. The topological polar surface area (TPSA) is 126 Å². The summed E-state index contributed by atoms with van der Waals surface area (Å²) < 4.78 is 31.9. The molecule has 10 heteroatoms. The molecule has 0 saturated heterocycles. The first kappa shape index (κ1) is 22.6. The van der Waals surface area contributed by atoms with Crippen molar-refractivity contribution in [1.29, 1.82) is 0 Å². The number of nitrogens with one attached hydrogen (secondary N) is 4. The molecule has 0 aliphatic heterocycles. The number of hydrogen-bond donors (Lipinski definition) is 4. The highest BCUT2D eigenvalue weighted by atomic mass is 32.2. The molecule has 0 spiro atoms. The van der Waals surface area contributed by atoms with Crippen LogP contribution in [0.1, 0.15) is 18.4 Å². The molecule has 166 valence electrons. The summed E-state index contributed by atoms with van der Waals surface area (Å²) in [5.41, 5.74) is 1.54. The van der Waals surface area contributed by atoms with Crippen molar-refractivity contribution in [2.75, 3.05) is 25.5 Å². The number of benzene rings is 2. The maximum absolute atomic E-state index is 12.2. The number of carbonyl (C=O) groups excluding carboxylic acids is 2. The number of carbonyl (C=O) groups is 2. The molecule has 0 bridgehead atoms. The van der Waals surface area contributed by atoms with Crippen molar-refractivity contribution >= 4 is 27.6 Å². The summed E-state index contributed by atoms with van der Waals surface area (Å²) in [6.07, 6.45) is 1.87. The Morgan fingerprint density at radius 1 is 1.03 bits per heavy atom. The van der Waals surface area contributed by atoms with Gasteiger partial charge in [0.15, 0.2) is 0 Å². The van der Waals surface area contributed by atoms with Crippen LogP contribution in [0.2, 0.25) is 0 Å².